The van der Waals surface area contributed by atoms with Gasteiger partial charge in [-0.3, -0.25) is 4.79 Å². The molecule has 0 aliphatic rings. The Morgan fingerprint density at radius 3 is 2.74 bits per heavy atom. The number of carbonyl (C=O) groups excluding carboxylic acids is 1. The quantitative estimate of drug-likeness (QED) is 0.733. The highest BCUT2D eigenvalue weighted by Gasteiger charge is 2.06. The number of amides is 1. The third-order valence-corrected chi connectivity index (χ3v) is 2.78. The van der Waals surface area contributed by atoms with Gasteiger partial charge in [0.1, 0.15) is 0 Å². The Bertz CT molecular complexity index is 391. The SMILES string of the molecule is COCCOCCNC(=O)c1cccc(C(C)C)c1. The lowest BCUT2D eigenvalue weighted by molar-refractivity contribution is 0.0692. The molecule has 1 aromatic rings. The normalized spacial score (nSPS) is 10.7. The fourth-order valence-electron chi connectivity index (χ4n) is 1.62. The average molecular weight is 265 g/mol. The Balaban J connectivity index is 2.35. The van der Waals surface area contributed by atoms with Crippen LogP contribution in [0.1, 0.15) is 35.7 Å². The zero-order chi connectivity index (χ0) is 14.1. The molecule has 1 rings (SSSR count). The zero-order valence-corrected chi connectivity index (χ0v) is 11.9. The van der Waals surface area contributed by atoms with Crippen molar-refractivity contribution in [3.63, 3.8) is 0 Å². The molecule has 0 saturated carbocycles. The first-order valence-electron chi connectivity index (χ1n) is 6.60. The third kappa shape index (κ3) is 5.85. The van der Waals surface area contributed by atoms with Crippen molar-refractivity contribution >= 4 is 5.91 Å². The van der Waals surface area contributed by atoms with Crippen LogP contribution in [0.5, 0.6) is 0 Å². The maximum atomic E-state index is 11.9. The molecule has 0 fully saturated rings. The van der Waals surface area contributed by atoms with E-state index in [1.807, 2.05) is 24.3 Å². The Kier molecular flexibility index (Phi) is 7.15. The van der Waals surface area contributed by atoms with E-state index in [0.717, 1.165) is 0 Å². The molecule has 1 amide bonds. The molecule has 19 heavy (non-hydrogen) atoms. The summed E-state index contributed by atoms with van der Waals surface area (Å²) in [6.07, 6.45) is 0. The van der Waals surface area contributed by atoms with Crippen molar-refractivity contribution < 1.29 is 14.3 Å². The lowest BCUT2D eigenvalue weighted by Crippen LogP contribution is -2.27. The second-order valence-corrected chi connectivity index (χ2v) is 4.64. The van der Waals surface area contributed by atoms with Gasteiger partial charge in [0.15, 0.2) is 0 Å². The molecule has 0 aliphatic heterocycles. The summed E-state index contributed by atoms with van der Waals surface area (Å²) >= 11 is 0. The molecule has 1 N–H and O–H groups in total. The second-order valence-electron chi connectivity index (χ2n) is 4.64. The van der Waals surface area contributed by atoms with Crippen molar-refractivity contribution in [1.29, 1.82) is 0 Å². The standard InChI is InChI=1S/C15H23NO3/c1-12(2)13-5-4-6-14(11-13)15(17)16-7-8-19-10-9-18-3/h4-6,11-12H,7-10H2,1-3H3,(H,16,17). The summed E-state index contributed by atoms with van der Waals surface area (Å²) in [6, 6.07) is 7.72. The molecule has 4 nitrogen and oxygen atoms in total. The average Bonchev–Trinajstić information content (AvgIpc) is 2.42. The molecule has 0 saturated heterocycles. The zero-order valence-electron chi connectivity index (χ0n) is 11.9. The fraction of sp³-hybridized carbons (Fsp3) is 0.533. The molecule has 0 atom stereocenters. The number of methoxy groups -OCH3 is 1. The van der Waals surface area contributed by atoms with Crippen molar-refractivity contribution in [3.05, 3.63) is 35.4 Å². The van der Waals surface area contributed by atoms with Gasteiger partial charge in [-0.05, 0) is 23.6 Å². The Labute approximate surface area is 115 Å². The summed E-state index contributed by atoms with van der Waals surface area (Å²) in [7, 11) is 1.63. The molecule has 0 aliphatic carbocycles. The first-order chi connectivity index (χ1) is 9.15. The fourth-order valence-corrected chi connectivity index (χ4v) is 1.62. The van der Waals surface area contributed by atoms with E-state index in [0.29, 0.717) is 37.8 Å². The maximum Gasteiger partial charge on any atom is 0.251 e. The van der Waals surface area contributed by atoms with Crippen molar-refractivity contribution in [3.8, 4) is 0 Å². The van der Waals surface area contributed by atoms with E-state index < -0.39 is 0 Å². The van der Waals surface area contributed by atoms with Crippen LogP contribution >= 0.6 is 0 Å². The second kappa shape index (κ2) is 8.67. The molecular formula is C15H23NO3. The number of nitrogens with one attached hydrogen (secondary N) is 1. The molecular weight excluding hydrogens is 242 g/mol. The van der Waals surface area contributed by atoms with Crippen molar-refractivity contribution in [2.45, 2.75) is 19.8 Å². The first-order valence-corrected chi connectivity index (χ1v) is 6.60. The van der Waals surface area contributed by atoms with Gasteiger partial charge >= 0.3 is 0 Å². The van der Waals surface area contributed by atoms with E-state index >= 15 is 0 Å². The van der Waals surface area contributed by atoms with Crippen molar-refractivity contribution in [2.75, 3.05) is 33.5 Å². The largest absolute Gasteiger partial charge is 0.382 e. The predicted molar refractivity (Wildman–Crippen MR) is 75.6 cm³/mol. The topological polar surface area (TPSA) is 47.6 Å². The number of ether oxygens (including phenoxy) is 2. The van der Waals surface area contributed by atoms with E-state index in [1.54, 1.807) is 7.11 Å². The Hall–Kier alpha value is -1.39. The van der Waals surface area contributed by atoms with Crippen LogP contribution in [0.3, 0.4) is 0 Å². The molecule has 0 bridgehead atoms. The maximum absolute atomic E-state index is 11.9. The molecule has 0 spiro atoms. The van der Waals surface area contributed by atoms with E-state index in [4.69, 9.17) is 9.47 Å². The summed E-state index contributed by atoms with van der Waals surface area (Å²) in [5.41, 5.74) is 1.87. The summed E-state index contributed by atoms with van der Waals surface area (Å²) in [5.74, 6) is 0.364. The van der Waals surface area contributed by atoms with Crippen LogP contribution in [0, 0.1) is 0 Å². The number of hydrogen-bond acceptors (Lipinski definition) is 3. The Morgan fingerprint density at radius 1 is 1.26 bits per heavy atom. The van der Waals surface area contributed by atoms with Crippen LogP contribution in [-0.2, 0) is 9.47 Å². The van der Waals surface area contributed by atoms with Crippen LogP contribution in [0.2, 0.25) is 0 Å². The highest BCUT2D eigenvalue weighted by molar-refractivity contribution is 5.94. The van der Waals surface area contributed by atoms with E-state index in [1.165, 1.54) is 5.56 Å². The smallest absolute Gasteiger partial charge is 0.251 e. The number of carbonyl (C=O) groups is 1. The lowest BCUT2D eigenvalue weighted by atomic mass is 10.0. The highest BCUT2D eigenvalue weighted by atomic mass is 16.5. The highest BCUT2D eigenvalue weighted by Crippen LogP contribution is 2.15. The van der Waals surface area contributed by atoms with Crippen LogP contribution in [-0.4, -0.2) is 39.4 Å². The van der Waals surface area contributed by atoms with Gasteiger partial charge in [-0.15, -0.1) is 0 Å². The van der Waals surface area contributed by atoms with E-state index in [2.05, 4.69) is 19.2 Å². The van der Waals surface area contributed by atoms with Crippen LogP contribution < -0.4 is 5.32 Å². The molecule has 4 heteroatoms. The molecule has 0 heterocycles. The van der Waals surface area contributed by atoms with Gasteiger partial charge in [-0.25, -0.2) is 0 Å². The van der Waals surface area contributed by atoms with Gasteiger partial charge in [0, 0.05) is 19.2 Å². The van der Waals surface area contributed by atoms with Crippen LogP contribution in [0.25, 0.3) is 0 Å². The van der Waals surface area contributed by atoms with E-state index in [-0.39, 0.29) is 5.91 Å². The number of benzene rings is 1. The van der Waals surface area contributed by atoms with Gasteiger partial charge in [0.2, 0.25) is 0 Å². The molecule has 0 radical (unpaired) electrons. The summed E-state index contributed by atoms with van der Waals surface area (Å²) in [6.45, 7) is 6.36. The number of hydrogen-bond donors (Lipinski definition) is 1. The lowest BCUT2D eigenvalue weighted by Gasteiger charge is -2.09. The minimum Gasteiger partial charge on any atom is -0.382 e. The predicted octanol–water partition coefficient (Wildman–Crippen LogP) is 2.20. The minimum atomic E-state index is -0.0576. The van der Waals surface area contributed by atoms with Crippen molar-refractivity contribution in [1.82, 2.24) is 5.32 Å². The monoisotopic (exact) mass is 265 g/mol. The first kappa shape index (κ1) is 15.7. The van der Waals surface area contributed by atoms with Crippen LogP contribution in [0.15, 0.2) is 24.3 Å². The summed E-state index contributed by atoms with van der Waals surface area (Å²) in [5, 5.41) is 2.84. The minimum absolute atomic E-state index is 0.0576. The molecule has 1 aromatic carbocycles. The molecule has 106 valence electrons. The molecule has 0 aromatic heterocycles. The number of rotatable bonds is 8. The van der Waals surface area contributed by atoms with Gasteiger partial charge in [0.05, 0.1) is 19.8 Å². The van der Waals surface area contributed by atoms with Gasteiger partial charge < -0.3 is 14.8 Å². The molecule has 0 unspecified atom stereocenters. The summed E-state index contributed by atoms with van der Waals surface area (Å²) in [4.78, 5) is 11.9. The Morgan fingerprint density at radius 2 is 2.05 bits per heavy atom. The van der Waals surface area contributed by atoms with Gasteiger partial charge in [-0.2, -0.15) is 0 Å². The van der Waals surface area contributed by atoms with Gasteiger partial charge in [-0.1, -0.05) is 26.0 Å². The van der Waals surface area contributed by atoms with Crippen molar-refractivity contribution in [2.24, 2.45) is 0 Å². The van der Waals surface area contributed by atoms with E-state index in [9.17, 15) is 4.79 Å². The summed E-state index contributed by atoms with van der Waals surface area (Å²) < 4.78 is 10.1. The van der Waals surface area contributed by atoms with Crippen LogP contribution in [0.4, 0.5) is 0 Å². The third-order valence-electron chi connectivity index (χ3n) is 2.78. The van der Waals surface area contributed by atoms with Gasteiger partial charge in [0.25, 0.3) is 5.91 Å².